The third-order valence-corrected chi connectivity index (χ3v) is 5.09. The molecule has 1 aliphatic rings. The second-order valence-electron chi connectivity index (χ2n) is 6.99. The molecule has 1 aliphatic carbocycles. The van der Waals surface area contributed by atoms with E-state index in [0.717, 1.165) is 0 Å². The van der Waals surface area contributed by atoms with E-state index in [-0.39, 0.29) is 47.6 Å². The van der Waals surface area contributed by atoms with Crippen LogP contribution in [-0.2, 0) is 19.1 Å². The van der Waals surface area contributed by atoms with Crippen LogP contribution >= 0.6 is 0 Å². The van der Waals surface area contributed by atoms with Gasteiger partial charge in [0, 0.05) is 24.0 Å². The van der Waals surface area contributed by atoms with Gasteiger partial charge in [0.25, 0.3) is 0 Å². The van der Waals surface area contributed by atoms with E-state index in [1.807, 2.05) is 19.9 Å². The Morgan fingerprint density at radius 3 is 2.31 bits per heavy atom. The second kappa shape index (κ2) is 9.60. The molecular formula is C21H33NO4. The minimum atomic E-state index is -0.231. The molecule has 0 radical (unpaired) electrons. The van der Waals surface area contributed by atoms with Gasteiger partial charge in [-0.3, -0.25) is 9.59 Å². The summed E-state index contributed by atoms with van der Waals surface area (Å²) in [6.45, 7) is 21.4. The van der Waals surface area contributed by atoms with Gasteiger partial charge in [0.2, 0.25) is 5.91 Å². The number of carbonyl (C=O) groups is 2. The number of carbonyl (C=O) groups excluding carboxylic acids is 2. The molecule has 1 rings (SSSR count). The molecule has 0 aliphatic heterocycles. The SMILES string of the molecule is C=CC1C(C(=O)OCC)C1C(C(C)OC(=C)C)C(C)C(=C)NC(=O)CC. The van der Waals surface area contributed by atoms with E-state index in [1.165, 1.54) is 0 Å². The molecule has 1 N–H and O–H groups in total. The predicted octanol–water partition coefficient (Wildman–Crippen LogP) is 3.83. The summed E-state index contributed by atoms with van der Waals surface area (Å²) in [6.07, 6.45) is 2.01. The zero-order valence-electron chi connectivity index (χ0n) is 16.7. The fraction of sp³-hybridized carbons (Fsp3) is 0.619. The number of hydrogen-bond donors (Lipinski definition) is 1. The summed E-state index contributed by atoms with van der Waals surface area (Å²) >= 11 is 0. The number of amides is 1. The van der Waals surface area contributed by atoms with Crippen molar-refractivity contribution >= 4 is 11.9 Å². The highest BCUT2D eigenvalue weighted by Crippen LogP contribution is 2.56. The Hall–Kier alpha value is -2.04. The van der Waals surface area contributed by atoms with E-state index in [0.29, 0.717) is 24.5 Å². The van der Waals surface area contributed by atoms with Gasteiger partial charge < -0.3 is 14.8 Å². The van der Waals surface area contributed by atoms with Gasteiger partial charge in [0.15, 0.2) is 0 Å². The van der Waals surface area contributed by atoms with E-state index in [4.69, 9.17) is 9.47 Å². The van der Waals surface area contributed by atoms with Crippen molar-refractivity contribution < 1.29 is 19.1 Å². The molecule has 0 aromatic rings. The van der Waals surface area contributed by atoms with Crippen LogP contribution in [0.2, 0.25) is 0 Å². The van der Waals surface area contributed by atoms with Gasteiger partial charge in [-0.25, -0.2) is 0 Å². The van der Waals surface area contributed by atoms with E-state index < -0.39 is 0 Å². The van der Waals surface area contributed by atoms with Crippen LogP contribution in [0, 0.1) is 29.6 Å². The molecule has 0 bridgehead atoms. The Morgan fingerprint density at radius 2 is 1.85 bits per heavy atom. The Labute approximate surface area is 157 Å². The molecule has 1 saturated carbocycles. The fourth-order valence-electron chi connectivity index (χ4n) is 3.77. The Bertz CT molecular complexity index is 568. The summed E-state index contributed by atoms with van der Waals surface area (Å²) in [4.78, 5) is 24.1. The smallest absolute Gasteiger partial charge is 0.309 e. The lowest BCUT2D eigenvalue weighted by atomic mass is 9.81. The summed E-state index contributed by atoms with van der Waals surface area (Å²) in [5.41, 5.74) is 0.635. The van der Waals surface area contributed by atoms with Crippen molar-refractivity contribution in [2.45, 2.75) is 47.1 Å². The highest BCUT2D eigenvalue weighted by Gasteiger charge is 2.60. The van der Waals surface area contributed by atoms with Crippen molar-refractivity contribution in [2.24, 2.45) is 29.6 Å². The Balaban J connectivity index is 3.07. The molecule has 0 aromatic carbocycles. The van der Waals surface area contributed by atoms with Gasteiger partial charge >= 0.3 is 5.97 Å². The van der Waals surface area contributed by atoms with Crippen molar-refractivity contribution in [3.8, 4) is 0 Å². The van der Waals surface area contributed by atoms with E-state index >= 15 is 0 Å². The Kier molecular flexibility index (Phi) is 8.12. The molecule has 0 aromatic heterocycles. The maximum Gasteiger partial charge on any atom is 0.309 e. The number of allylic oxidation sites excluding steroid dienone is 3. The van der Waals surface area contributed by atoms with E-state index in [2.05, 4.69) is 25.1 Å². The molecule has 146 valence electrons. The largest absolute Gasteiger partial charge is 0.496 e. The molecule has 26 heavy (non-hydrogen) atoms. The molecule has 0 saturated heterocycles. The molecule has 5 nitrogen and oxygen atoms in total. The number of ether oxygens (including phenoxy) is 2. The minimum absolute atomic E-state index is 0.0335. The van der Waals surface area contributed by atoms with Crippen LogP contribution in [0.15, 0.2) is 37.3 Å². The summed E-state index contributed by atoms with van der Waals surface area (Å²) in [5, 5.41) is 2.85. The second-order valence-corrected chi connectivity index (χ2v) is 6.99. The van der Waals surface area contributed by atoms with Gasteiger partial charge in [-0.15, -0.1) is 6.58 Å². The van der Waals surface area contributed by atoms with Crippen LogP contribution in [0.25, 0.3) is 0 Å². The zero-order chi connectivity index (χ0) is 20.0. The number of nitrogens with one attached hydrogen (secondary N) is 1. The first-order chi connectivity index (χ1) is 12.2. The third-order valence-electron chi connectivity index (χ3n) is 5.09. The lowest BCUT2D eigenvalue weighted by Crippen LogP contribution is -2.35. The minimum Gasteiger partial charge on any atom is -0.496 e. The quantitative estimate of drug-likeness (QED) is 0.344. The zero-order valence-corrected chi connectivity index (χ0v) is 16.7. The molecular weight excluding hydrogens is 330 g/mol. The number of rotatable bonds is 11. The molecule has 0 spiro atoms. The van der Waals surface area contributed by atoms with Crippen LogP contribution in [0.3, 0.4) is 0 Å². The van der Waals surface area contributed by atoms with Gasteiger partial charge in [0.1, 0.15) is 0 Å². The van der Waals surface area contributed by atoms with Crippen LogP contribution in [0.1, 0.15) is 41.0 Å². The normalized spacial score (nSPS) is 24.6. The summed E-state index contributed by atoms with van der Waals surface area (Å²) in [5.74, 6) is 0.0589. The van der Waals surface area contributed by atoms with Crippen LogP contribution in [-0.4, -0.2) is 24.6 Å². The topological polar surface area (TPSA) is 64.6 Å². The van der Waals surface area contributed by atoms with Crippen molar-refractivity contribution in [3.05, 3.63) is 37.3 Å². The van der Waals surface area contributed by atoms with Crippen LogP contribution in [0.4, 0.5) is 0 Å². The maximum absolute atomic E-state index is 12.3. The third kappa shape index (κ3) is 5.23. The van der Waals surface area contributed by atoms with Gasteiger partial charge in [-0.1, -0.05) is 33.1 Å². The maximum atomic E-state index is 12.3. The van der Waals surface area contributed by atoms with Crippen molar-refractivity contribution in [3.63, 3.8) is 0 Å². The molecule has 5 heteroatoms. The first-order valence-electron chi connectivity index (χ1n) is 9.29. The fourth-order valence-corrected chi connectivity index (χ4v) is 3.77. The average molecular weight is 363 g/mol. The summed E-state index contributed by atoms with van der Waals surface area (Å²) < 4.78 is 11.1. The van der Waals surface area contributed by atoms with E-state index in [1.54, 1.807) is 20.8 Å². The van der Waals surface area contributed by atoms with Crippen molar-refractivity contribution in [1.82, 2.24) is 5.32 Å². The Morgan fingerprint density at radius 1 is 1.23 bits per heavy atom. The molecule has 6 unspecified atom stereocenters. The average Bonchev–Trinajstić information content (AvgIpc) is 3.28. The summed E-state index contributed by atoms with van der Waals surface area (Å²) in [6, 6.07) is 0. The number of esters is 1. The molecule has 0 heterocycles. The van der Waals surface area contributed by atoms with Crippen molar-refractivity contribution in [2.75, 3.05) is 6.61 Å². The monoisotopic (exact) mass is 363 g/mol. The molecule has 6 atom stereocenters. The predicted molar refractivity (Wildman–Crippen MR) is 103 cm³/mol. The number of hydrogen-bond acceptors (Lipinski definition) is 4. The van der Waals surface area contributed by atoms with Gasteiger partial charge in [0.05, 0.1) is 24.4 Å². The first-order valence-corrected chi connectivity index (χ1v) is 9.29. The molecule has 1 fully saturated rings. The van der Waals surface area contributed by atoms with Gasteiger partial charge in [-0.05, 0) is 32.6 Å². The standard InChI is InChI=1S/C21H33NO4/c1-9-16-19(20(16)21(24)25-11-3)18(15(8)26-12(4)5)13(6)14(7)22-17(23)10-2/h9,13,15-16,18-20H,1,4,7,10-11H2,2-3,5-6,8H3,(H,22,23). The highest BCUT2D eigenvalue weighted by molar-refractivity contribution is 5.78. The van der Waals surface area contributed by atoms with E-state index in [9.17, 15) is 9.59 Å². The van der Waals surface area contributed by atoms with Crippen molar-refractivity contribution in [1.29, 1.82) is 0 Å². The lowest BCUT2D eigenvalue weighted by molar-refractivity contribution is -0.145. The highest BCUT2D eigenvalue weighted by atomic mass is 16.5. The first kappa shape index (κ1) is 22.0. The molecule has 1 amide bonds. The summed E-state index contributed by atoms with van der Waals surface area (Å²) in [7, 11) is 0. The van der Waals surface area contributed by atoms with Crippen LogP contribution < -0.4 is 5.32 Å². The van der Waals surface area contributed by atoms with Gasteiger partial charge in [-0.2, -0.15) is 0 Å². The van der Waals surface area contributed by atoms with Crippen LogP contribution in [0.5, 0.6) is 0 Å². The lowest BCUT2D eigenvalue weighted by Gasteiger charge is -2.32.